The number of ether oxygens (including phenoxy) is 3. The van der Waals surface area contributed by atoms with E-state index in [-0.39, 0.29) is 17.0 Å². The number of carbonyl (C=O) groups excluding carboxylic acids is 3. The van der Waals surface area contributed by atoms with Crippen molar-refractivity contribution in [2.75, 3.05) is 5.75 Å². The molecular formula is C44H38O6S2. The first kappa shape index (κ1) is 34.2. The number of rotatable bonds is 6. The van der Waals surface area contributed by atoms with Crippen LogP contribution in [-0.4, -0.2) is 28.7 Å². The maximum atomic E-state index is 14.4. The molecule has 8 rings (SSSR count). The van der Waals surface area contributed by atoms with Crippen LogP contribution in [0.25, 0.3) is 11.1 Å². The Bertz CT molecular complexity index is 2280. The third-order valence-corrected chi connectivity index (χ3v) is 12.6. The normalized spacial score (nSPS) is 21.5. The summed E-state index contributed by atoms with van der Waals surface area (Å²) in [5.74, 6) is 1.22. The summed E-state index contributed by atoms with van der Waals surface area (Å²) >= 11 is 3.30. The van der Waals surface area contributed by atoms with Gasteiger partial charge in [0.1, 0.15) is 11.5 Å². The summed E-state index contributed by atoms with van der Waals surface area (Å²) in [5.41, 5.74) is 2.57. The monoisotopic (exact) mass is 726 g/mol. The average Bonchev–Trinajstić information content (AvgIpc) is 3.89. The smallest absolute Gasteiger partial charge is 0.334 e. The third-order valence-electron chi connectivity index (χ3n) is 10.1. The fraction of sp³-hybridized carbons (Fsp3) is 0.250. The van der Waals surface area contributed by atoms with Gasteiger partial charge < -0.3 is 14.2 Å². The van der Waals surface area contributed by atoms with Gasteiger partial charge in [0.25, 0.3) is 0 Å². The molecule has 5 aromatic rings. The molecule has 6 nitrogen and oxygen atoms in total. The summed E-state index contributed by atoms with van der Waals surface area (Å²) in [6.07, 6.45) is 1.90. The number of fused-ring (bicyclic) bond motifs is 4. The lowest BCUT2D eigenvalue weighted by atomic mass is 9.72. The van der Waals surface area contributed by atoms with E-state index in [1.54, 1.807) is 13.0 Å². The minimum atomic E-state index is -1.31. The number of benzene rings is 4. The van der Waals surface area contributed by atoms with E-state index in [9.17, 15) is 14.4 Å². The zero-order valence-corrected chi connectivity index (χ0v) is 31.1. The predicted octanol–water partition coefficient (Wildman–Crippen LogP) is 10.2. The molecule has 8 heteroatoms. The molecule has 3 aliphatic rings. The molecule has 2 aliphatic heterocycles. The Kier molecular flexibility index (Phi) is 8.31. The molecule has 0 spiro atoms. The van der Waals surface area contributed by atoms with Crippen LogP contribution in [0.2, 0.25) is 0 Å². The van der Waals surface area contributed by atoms with Gasteiger partial charge in [-0.05, 0) is 87.1 Å². The average molecular weight is 727 g/mol. The molecule has 1 aliphatic carbocycles. The molecule has 0 N–H and O–H groups in total. The highest BCUT2D eigenvalue weighted by molar-refractivity contribution is 8.00. The van der Waals surface area contributed by atoms with Crippen LogP contribution in [0.1, 0.15) is 83.6 Å². The number of ketones is 1. The molecule has 4 aromatic carbocycles. The van der Waals surface area contributed by atoms with E-state index in [0.29, 0.717) is 39.3 Å². The van der Waals surface area contributed by atoms with Gasteiger partial charge in [-0.15, -0.1) is 11.3 Å². The maximum Gasteiger partial charge on any atom is 0.334 e. The van der Waals surface area contributed by atoms with E-state index in [2.05, 4.69) is 6.58 Å². The fourth-order valence-electron chi connectivity index (χ4n) is 7.57. The van der Waals surface area contributed by atoms with Gasteiger partial charge in [0.2, 0.25) is 0 Å². The fourth-order valence-corrected chi connectivity index (χ4v) is 9.94. The lowest BCUT2D eigenvalue weighted by molar-refractivity contribution is -0.163. The van der Waals surface area contributed by atoms with Crippen molar-refractivity contribution in [3.05, 3.63) is 153 Å². The molecule has 1 aromatic heterocycles. The molecule has 0 amide bonds. The highest BCUT2D eigenvalue weighted by Gasteiger charge is 2.53. The molecule has 0 bridgehead atoms. The van der Waals surface area contributed by atoms with Crippen LogP contribution in [0.15, 0.2) is 115 Å². The molecule has 262 valence electrons. The van der Waals surface area contributed by atoms with Crippen molar-refractivity contribution in [3.63, 3.8) is 0 Å². The molecule has 1 fully saturated rings. The predicted molar refractivity (Wildman–Crippen MR) is 205 cm³/mol. The number of hydrogen-bond donors (Lipinski definition) is 0. The maximum absolute atomic E-state index is 14.4. The number of carbonyl (C=O) groups is 3. The van der Waals surface area contributed by atoms with Crippen molar-refractivity contribution >= 4 is 40.8 Å². The molecule has 3 atom stereocenters. The van der Waals surface area contributed by atoms with E-state index >= 15 is 0 Å². The number of hydrogen-bond acceptors (Lipinski definition) is 8. The molecular weight excluding hydrogens is 689 g/mol. The van der Waals surface area contributed by atoms with Gasteiger partial charge in [0, 0.05) is 39.0 Å². The quantitative estimate of drug-likeness (QED) is 0.127. The second kappa shape index (κ2) is 12.6. The first-order valence-electron chi connectivity index (χ1n) is 17.4. The van der Waals surface area contributed by atoms with Crippen LogP contribution in [0.5, 0.6) is 11.5 Å². The van der Waals surface area contributed by atoms with Gasteiger partial charge >= 0.3 is 11.9 Å². The summed E-state index contributed by atoms with van der Waals surface area (Å²) in [6, 6.07) is 30.8. The van der Waals surface area contributed by atoms with Crippen LogP contribution in [0, 0.1) is 5.41 Å². The Morgan fingerprint density at radius 2 is 1.48 bits per heavy atom. The van der Waals surface area contributed by atoms with Crippen molar-refractivity contribution in [2.24, 2.45) is 5.41 Å². The van der Waals surface area contributed by atoms with Crippen molar-refractivity contribution in [2.45, 2.75) is 57.0 Å². The number of para-hydroxylation sites is 1. The van der Waals surface area contributed by atoms with Gasteiger partial charge in [0.15, 0.2) is 17.0 Å². The van der Waals surface area contributed by atoms with Crippen molar-refractivity contribution in [1.29, 1.82) is 0 Å². The Balaban J connectivity index is 1.30. The Morgan fingerprint density at radius 1 is 0.808 bits per heavy atom. The number of esters is 2. The zero-order chi connectivity index (χ0) is 36.4. The van der Waals surface area contributed by atoms with E-state index < -0.39 is 22.6 Å². The topological polar surface area (TPSA) is 78.9 Å². The highest BCUT2D eigenvalue weighted by atomic mass is 32.2. The summed E-state index contributed by atoms with van der Waals surface area (Å²) < 4.78 is 19.7. The van der Waals surface area contributed by atoms with Gasteiger partial charge in [-0.25, -0.2) is 4.79 Å². The van der Waals surface area contributed by atoms with Crippen LogP contribution >= 0.6 is 23.1 Å². The van der Waals surface area contributed by atoms with E-state index in [0.717, 1.165) is 45.7 Å². The molecule has 0 radical (unpaired) electrons. The largest absolute Gasteiger partial charge is 0.456 e. The summed E-state index contributed by atoms with van der Waals surface area (Å²) in [6.45, 7) is 11.0. The van der Waals surface area contributed by atoms with Crippen molar-refractivity contribution < 1.29 is 28.6 Å². The van der Waals surface area contributed by atoms with Gasteiger partial charge in [-0.3, -0.25) is 9.59 Å². The number of thioether (sulfide) groups is 1. The zero-order valence-electron chi connectivity index (χ0n) is 29.5. The van der Waals surface area contributed by atoms with Crippen LogP contribution in [0.4, 0.5) is 0 Å². The van der Waals surface area contributed by atoms with Crippen LogP contribution in [-0.2, 0) is 30.3 Å². The van der Waals surface area contributed by atoms with Gasteiger partial charge in [0.05, 0.1) is 15.5 Å². The Hall–Kier alpha value is -4.92. The lowest BCUT2D eigenvalue weighted by Crippen LogP contribution is -2.44. The van der Waals surface area contributed by atoms with E-state index in [1.807, 2.05) is 129 Å². The summed E-state index contributed by atoms with van der Waals surface area (Å²) in [4.78, 5) is 42.3. The SMILES string of the molecule is C=C(C)C(=O)OC1(C2CCCS2)c2ccccc2Oc2cc(-c3ccc4c(c3)C(=O)c3ccccc3C4(OC(=O)C(C)(C)C)c3cccs3)ccc21. The van der Waals surface area contributed by atoms with Crippen LogP contribution in [0.3, 0.4) is 0 Å². The Morgan fingerprint density at radius 3 is 2.17 bits per heavy atom. The standard InChI is InChI=1S/C44H38O6S2/c1-26(2)40(46)49-44(38-17-11-23-52-38)33-14-8-9-15-35(33)48-36-25-28(19-21-34(36)44)27-18-20-32-30(24-27)39(45)29-12-6-7-13-31(29)43(32,37-16-10-22-51-37)50-41(47)42(3,4)5/h6-10,12-16,18-22,24-25,38H,1,11,17,23H2,2-5H3. The second-order valence-corrected chi connectivity index (χ2v) is 16.9. The second-order valence-electron chi connectivity index (χ2n) is 14.6. The van der Waals surface area contributed by atoms with E-state index in [4.69, 9.17) is 14.2 Å². The molecule has 3 heterocycles. The van der Waals surface area contributed by atoms with Crippen molar-refractivity contribution in [3.8, 4) is 22.6 Å². The third kappa shape index (κ3) is 5.26. The molecule has 0 saturated carbocycles. The van der Waals surface area contributed by atoms with Crippen molar-refractivity contribution in [1.82, 2.24) is 0 Å². The Labute approximate surface area is 311 Å². The van der Waals surface area contributed by atoms with Crippen LogP contribution < -0.4 is 4.74 Å². The van der Waals surface area contributed by atoms with Gasteiger partial charge in [-0.2, -0.15) is 11.8 Å². The first-order chi connectivity index (χ1) is 24.9. The number of thiophene rings is 1. The summed E-state index contributed by atoms with van der Waals surface area (Å²) in [7, 11) is 0. The lowest BCUT2D eigenvalue weighted by Gasteiger charge is -2.43. The summed E-state index contributed by atoms with van der Waals surface area (Å²) in [5, 5.41) is 1.94. The first-order valence-corrected chi connectivity index (χ1v) is 19.4. The van der Waals surface area contributed by atoms with Gasteiger partial charge in [-0.1, -0.05) is 79.4 Å². The minimum absolute atomic E-state index is 0.0203. The molecule has 3 unspecified atom stereocenters. The van der Waals surface area contributed by atoms with E-state index in [1.165, 1.54) is 11.3 Å². The minimum Gasteiger partial charge on any atom is -0.456 e. The molecule has 52 heavy (non-hydrogen) atoms. The highest BCUT2D eigenvalue weighted by Crippen LogP contribution is 2.57. The molecule has 1 saturated heterocycles.